The standard InChI is InChI=1S/C27H28N4O6/c1-15-21(24(32)35-3)23(22(16(2)28-15)25(33)36-4)18-11-12-20-19(13-18)29-26(30-27(34)37-5)31(20)14-17-9-7-6-8-10-17/h6-13,23,28H,14H2,1-5H3,(H,29,30,34). The second kappa shape index (κ2) is 10.6. The number of rotatable bonds is 6. The Morgan fingerprint density at radius 3 is 2.11 bits per heavy atom. The van der Waals surface area contributed by atoms with E-state index in [9.17, 15) is 14.4 Å². The van der Waals surface area contributed by atoms with Gasteiger partial charge in [-0.2, -0.15) is 0 Å². The summed E-state index contributed by atoms with van der Waals surface area (Å²) in [4.78, 5) is 42.3. The molecule has 0 aliphatic carbocycles. The lowest BCUT2D eigenvalue weighted by Gasteiger charge is -2.30. The molecule has 2 aromatic carbocycles. The van der Waals surface area contributed by atoms with Gasteiger partial charge in [0, 0.05) is 11.4 Å². The van der Waals surface area contributed by atoms with Crippen molar-refractivity contribution < 1.29 is 28.6 Å². The number of aromatic nitrogens is 2. The summed E-state index contributed by atoms with van der Waals surface area (Å²) in [5, 5.41) is 5.76. The molecule has 0 bridgehead atoms. The van der Waals surface area contributed by atoms with Crippen LogP contribution in [0.1, 0.15) is 30.9 Å². The number of allylic oxidation sites excluding steroid dienone is 2. The van der Waals surface area contributed by atoms with E-state index in [0.717, 1.165) is 11.1 Å². The minimum absolute atomic E-state index is 0.296. The van der Waals surface area contributed by atoms with Gasteiger partial charge in [0.15, 0.2) is 0 Å². The number of methoxy groups -OCH3 is 3. The maximum atomic E-state index is 12.8. The second-order valence-corrected chi connectivity index (χ2v) is 8.49. The molecule has 1 amide bonds. The Kier molecular flexibility index (Phi) is 7.28. The van der Waals surface area contributed by atoms with Crippen LogP contribution in [0.5, 0.6) is 0 Å². The molecule has 2 heterocycles. The highest BCUT2D eigenvalue weighted by Gasteiger charge is 2.37. The zero-order valence-corrected chi connectivity index (χ0v) is 21.2. The van der Waals surface area contributed by atoms with Gasteiger partial charge in [0.1, 0.15) is 0 Å². The van der Waals surface area contributed by atoms with Gasteiger partial charge in [0.05, 0.1) is 56.0 Å². The van der Waals surface area contributed by atoms with Crippen LogP contribution in [0.4, 0.5) is 10.7 Å². The van der Waals surface area contributed by atoms with E-state index in [0.29, 0.717) is 46.1 Å². The molecule has 2 N–H and O–H groups in total. The van der Waals surface area contributed by atoms with Crippen LogP contribution >= 0.6 is 0 Å². The number of anilines is 1. The van der Waals surface area contributed by atoms with Crippen LogP contribution in [-0.2, 0) is 30.3 Å². The van der Waals surface area contributed by atoms with Crippen molar-refractivity contribution in [3.8, 4) is 0 Å². The SMILES string of the molecule is COC(=O)Nc1nc2cc(C3C(C(=O)OC)=C(C)NC(C)=C3C(=O)OC)ccc2n1Cc1ccccc1. The zero-order valence-electron chi connectivity index (χ0n) is 21.2. The van der Waals surface area contributed by atoms with E-state index in [4.69, 9.17) is 14.2 Å². The summed E-state index contributed by atoms with van der Waals surface area (Å²) < 4.78 is 16.7. The highest BCUT2D eigenvalue weighted by atomic mass is 16.5. The van der Waals surface area contributed by atoms with E-state index in [1.165, 1.54) is 21.3 Å². The number of nitrogens with one attached hydrogen (secondary N) is 2. The molecule has 3 aromatic rings. The number of imidazole rings is 1. The average molecular weight is 505 g/mol. The summed E-state index contributed by atoms with van der Waals surface area (Å²) >= 11 is 0. The Morgan fingerprint density at radius 1 is 0.919 bits per heavy atom. The average Bonchev–Trinajstić information content (AvgIpc) is 3.23. The van der Waals surface area contributed by atoms with Crippen LogP contribution in [0.25, 0.3) is 11.0 Å². The molecule has 0 fully saturated rings. The van der Waals surface area contributed by atoms with E-state index >= 15 is 0 Å². The molecule has 0 atom stereocenters. The van der Waals surface area contributed by atoms with E-state index in [-0.39, 0.29) is 0 Å². The van der Waals surface area contributed by atoms with Crippen LogP contribution in [-0.4, -0.2) is 48.9 Å². The topological polar surface area (TPSA) is 121 Å². The van der Waals surface area contributed by atoms with Gasteiger partial charge in [0.2, 0.25) is 5.95 Å². The number of hydrogen-bond donors (Lipinski definition) is 2. The van der Waals surface area contributed by atoms with Gasteiger partial charge in [-0.15, -0.1) is 0 Å². The smallest absolute Gasteiger partial charge is 0.413 e. The van der Waals surface area contributed by atoms with Crippen LogP contribution in [0, 0.1) is 0 Å². The number of nitrogens with zero attached hydrogens (tertiary/aromatic N) is 2. The van der Waals surface area contributed by atoms with E-state index in [1.54, 1.807) is 19.9 Å². The molecular formula is C27H28N4O6. The summed E-state index contributed by atoms with van der Waals surface area (Å²) in [5.74, 6) is -1.58. The first kappa shape index (κ1) is 25.5. The number of carbonyl (C=O) groups excluding carboxylic acids is 3. The summed E-state index contributed by atoms with van der Waals surface area (Å²) in [6.45, 7) is 3.95. The molecule has 37 heavy (non-hydrogen) atoms. The number of benzene rings is 2. The molecule has 0 radical (unpaired) electrons. The highest BCUT2D eigenvalue weighted by Crippen LogP contribution is 2.40. The van der Waals surface area contributed by atoms with Gasteiger partial charge in [-0.05, 0) is 37.1 Å². The Morgan fingerprint density at radius 2 is 1.54 bits per heavy atom. The zero-order chi connectivity index (χ0) is 26.7. The summed E-state index contributed by atoms with van der Waals surface area (Å²) in [5.41, 5.74) is 4.69. The Hall–Kier alpha value is -4.60. The summed E-state index contributed by atoms with van der Waals surface area (Å²) in [6, 6.07) is 15.2. The predicted molar refractivity (Wildman–Crippen MR) is 137 cm³/mol. The van der Waals surface area contributed by atoms with Gasteiger partial charge < -0.3 is 24.1 Å². The fourth-order valence-corrected chi connectivity index (χ4v) is 4.58. The van der Waals surface area contributed by atoms with E-state index in [1.807, 2.05) is 47.0 Å². The lowest BCUT2D eigenvalue weighted by atomic mass is 9.80. The third-order valence-electron chi connectivity index (χ3n) is 6.26. The van der Waals surface area contributed by atoms with Crippen molar-refractivity contribution >= 4 is 35.0 Å². The van der Waals surface area contributed by atoms with Gasteiger partial charge in [-0.25, -0.2) is 19.4 Å². The van der Waals surface area contributed by atoms with E-state index < -0.39 is 23.9 Å². The molecule has 1 aliphatic rings. The summed E-state index contributed by atoms with van der Waals surface area (Å²) in [6.07, 6.45) is -0.652. The first-order valence-electron chi connectivity index (χ1n) is 11.5. The third kappa shape index (κ3) is 4.90. The Labute approximate surface area is 213 Å². The molecule has 4 rings (SSSR count). The number of amides is 1. The first-order chi connectivity index (χ1) is 17.8. The number of carbonyl (C=O) groups is 3. The van der Waals surface area contributed by atoms with Gasteiger partial charge >= 0.3 is 18.0 Å². The minimum atomic E-state index is -0.748. The maximum Gasteiger partial charge on any atom is 0.413 e. The predicted octanol–water partition coefficient (Wildman–Crippen LogP) is 3.84. The normalized spacial score (nSPS) is 13.9. The van der Waals surface area contributed by atoms with Gasteiger partial charge in [-0.3, -0.25) is 5.32 Å². The van der Waals surface area contributed by atoms with Crippen molar-refractivity contribution in [1.29, 1.82) is 0 Å². The monoisotopic (exact) mass is 504 g/mol. The fourth-order valence-electron chi connectivity index (χ4n) is 4.58. The maximum absolute atomic E-state index is 12.8. The van der Waals surface area contributed by atoms with Crippen LogP contribution < -0.4 is 10.6 Å². The van der Waals surface area contributed by atoms with Crippen molar-refractivity contribution in [3.63, 3.8) is 0 Å². The minimum Gasteiger partial charge on any atom is -0.466 e. The quantitative estimate of drug-likeness (QED) is 0.384. The highest BCUT2D eigenvalue weighted by molar-refractivity contribution is 6.00. The largest absolute Gasteiger partial charge is 0.466 e. The number of hydrogen-bond acceptors (Lipinski definition) is 8. The number of fused-ring (bicyclic) bond motifs is 1. The molecule has 0 saturated carbocycles. The fraction of sp³-hybridized carbons (Fsp3) is 0.259. The van der Waals surface area contributed by atoms with Gasteiger partial charge in [-0.1, -0.05) is 36.4 Å². The molecule has 10 heteroatoms. The molecule has 1 aliphatic heterocycles. The molecular weight excluding hydrogens is 476 g/mol. The van der Waals surface area contributed by atoms with Crippen LogP contribution in [0.3, 0.4) is 0 Å². The lowest BCUT2D eigenvalue weighted by Crippen LogP contribution is -2.32. The molecule has 10 nitrogen and oxygen atoms in total. The van der Waals surface area contributed by atoms with Crippen molar-refractivity contribution in [2.24, 2.45) is 0 Å². The van der Waals surface area contributed by atoms with Crippen molar-refractivity contribution in [2.45, 2.75) is 26.3 Å². The third-order valence-corrected chi connectivity index (χ3v) is 6.26. The molecule has 1 aromatic heterocycles. The number of dihydropyridines is 1. The molecule has 0 spiro atoms. The summed E-state index contributed by atoms with van der Waals surface area (Å²) in [7, 11) is 3.87. The van der Waals surface area contributed by atoms with Crippen LogP contribution in [0.2, 0.25) is 0 Å². The molecule has 0 unspecified atom stereocenters. The van der Waals surface area contributed by atoms with Gasteiger partial charge in [0.25, 0.3) is 0 Å². The van der Waals surface area contributed by atoms with Crippen molar-refractivity contribution in [1.82, 2.24) is 14.9 Å². The Bertz CT molecular complexity index is 1400. The number of esters is 2. The Balaban J connectivity index is 1.89. The van der Waals surface area contributed by atoms with E-state index in [2.05, 4.69) is 15.6 Å². The lowest BCUT2D eigenvalue weighted by molar-refractivity contribution is -0.137. The van der Waals surface area contributed by atoms with Crippen molar-refractivity contribution in [2.75, 3.05) is 26.6 Å². The molecule has 0 saturated heterocycles. The first-order valence-corrected chi connectivity index (χ1v) is 11.5. The van der Waals surface area contributed by atoms with Crippen molar-refractivity contribution in [3.05, 3.63) is 82.2 Å². The number of ether oxygens (including phenoxy) is 3. The van der Waals surface area contributed by atoms with Crippen LogP contribution in [0.15, 0.2) is 71.1 Å². The second-order valence-electron chi connectivity index (χ2n) is 8.49. The molecule has 192 valence electrons.